The van der Waals surface area contributed by atoms with E-state index >= 15 is 0 Å². The standard InChI is InChI=1S/C13H25N3O3S/c1-3-5-6-7-8-16(9-10-17)20(18,19)13-11-14-12(4-2)15-13/h11,17H,3-10H2,1-2H3,(H,14,15). The van der Waals surface area contributed by atoms with Gasteiger partial charge in [-0.25, -0.2) is 13.4 Å². The predicted molar refractivity (Wildman–Crippen MR) is 78.0 cm³/mol. The molecule has 0 radical (unpaired) electrons. The third-order valence-corrected chi connectivity index (χ3v) is 4.98. The Kier molecular flexibility index (Phi) is 7.18. The number of aliphatic hydroxyl groups excluding tert-OH is 1. The number of rotatable bonds is 10. The lowest BCUT2D eigenvalue weighted by Gasteiger charge is -2.20. The van der Waals surface area contributed by atoms with Crippen LogP contribution in [0.15, 0.2) is 11.2 Å². The Morgan fingerprint density at radius 3 is 2.55 bits per heavy atom. The molecule has 0 aliphatic heterocycles. The van der Waals surface area contributed by atoms with Crippen LogP contribution in [0, 0.1) is 0 Å². The zero-order chi connectivity index (χ0) is 15.0. The van der Waals surface area contributed by atoms with Gasteiger partial charge in [0.15, 0.2) is 5.03 Å². The second kappa shape index (κ2) is 8.39. The molecule has 116 valence electrons. The summed E-state index contributed by atoms with van der Waals surface area (Å²) in [5.74, 6) is 0.651. The molecule has 2 N–H and O–H groups in total. The van der Waals surface area contributed by atoms with Gasteiger partial charge in [-0.2, -0.15) is 4.31 Å². The van der Waals surface area contributed by atoms with Crippen LogP contribution in [0.25, 0.3) is 0 Å². The third kappa shape index (κ3) is 4.57. The Morgan fingerprint density at radius 1 is 1.25 bits per heavy atom. The van der Waals surface area contributed by atoms with Crippen molar-refractivity contribution in [3.05, 3.63) is 12.0 Å². The number of aryl methyl sites for hydroxylation is 1. The number of nitrogens with zero attached hydrogens (tertiary/aromatic N) is 2. The van der Waals surface area contributed by atoms with Crippen molar-refractivity contribution in [2.75, 3.05) is 19.7 Å². The van der Waals surface area contributed by atoms with Crippen molar-refractivity contribution in [3.8, 4) is 0 Å². The van der Waals surface area contributed by atoms with Crippen molar-refractivity contribution < 1.29 is 13.5 Å². The first-order valence-corrected chi connectivity index (χ1v) is 8.65. The van der Waals surface area contributed by atoms with E-state index in [2.05, 4.69) is 16.9 Å². The number of aromatic amines is 1. The summed E-state index contributed by atoms with van der Waals surface area (Å²) in [6, 6.07) is 0. The molecule has 6 nitrogen and oxygen atoms in total. The Labute approximate surface area is 121 Å². The van der Waals surface area contributed by atoms with Crippen LogP contribution in [-0.4, -0.2) is 47.5 Å². The van der Waals surface area contributed by atoms with Crippen molar-refractivity contribution >= 4 is 10.0 Å². The molecule has 0 spiro atoms. The number of imidazole rings is 1. The van der Waals surface area contributed by atoms with Crippen LogP contribution in [0.1, 0.15) is 45.4 Å². The Hall–Kier alpha value is -0.920. The van der Waals surface area contributed by atoms with Gasteiger partial charge in [0.05, 0.1) is 12.8 Å². The van der Waals surface area contributed by atoms with E-state index in [9.17, 15) is 8.42 Å². The number of hydrogen-bond donors (Lipinski definition) is 2. The number of H-pyrrole nitrogens is 1. The van der Waals surface area contributed by atoms with Gasteiger partial charge in [-0.05, 0) is 6.42 Å². The zero-order valence-electron chi connectivity index (χ0n) is 12.3. The summed E-state index contributed by atoms with van der Waals surface area (Å²) in [6.45, 7) is 4.39. The molecule has 20 heavy (non-hydrogen) atoms. The van der Waals surface area contributed by atoms with E-state index in [1.165, 1.54) is 10.5 Å². The summed E-state index contributed by atoms with van der Waals surface area (Å²) in [5.41, 5.74) is 0. The molecule has 1 heterocycles. The van der Waals surface area contributed by atoms with Gasteiger partial charge in [0.2, 0.25) is 0 Å². The molecule has 0 amide bonds. The maximum atomic E-state index is 12.5. The SMILES string of the molecule is CCCCCCN(CCO)S(=O)(=O)c1cnc(CC)[nH]1. The van der Waals surface area contributed by atoms with E-state index < -0.39 is 10.0 Å². The van der Waals surface area contributed by atoms with E-state index in [1.54, 1.807) is 0 Å². The number of unbranched alkanes of at least 4 members (excludes halogenated alkanes) is 3. The van der Waals surface area contributed by atoms with Crippen LogP contribution in [0.5, 0.6) is 0 Å². The molecule has 0 saturated carbocycles. The van der Waals surface area contributed by atoms with Crippen molar-refractivity contribution in [1.29, 1.82) is 0 Å². The fraction of sp³-hybridized carbons (Fsp3) is 0.769. The number of hydrogen-bond acceptors (Lipinski definition) is 4. The Bertz CT molecular complexity index is 485. The van der Waals surface area contributed by atoms with Crippen LogP contribution in [-0.2, 0) is 16.4 Å². The van der Waals surface area contributed by atoms with Gasteiger partial charge in [-0.15, -0.1) is 0 Å². The molecule has 0 atom stereocenters. The first-order valence-electron chi connectivity index (χ1n) is 7.21. The molecule has 0 aliphatic carbocycles. The third-order valence-electron chi connectivity index (χ3n) is 3.17. The van der Waals surface area contributed by atoms with Crippen LogP contribution >= 0.6 is 0 Å². The lowest BCUT2D eigenvalue weighted by Crippen LogP contribution is -2.34. The topological polar surface area (TPSA) is 86.3 Å². The highest BCUT2D eigenvalue weighted by atomic mass is 32.2. The van der Waals surface area contributed by atoms with Gasteiger partial charge in [0.25, 0.3) is 10.0 Å². The van der Waals surface area contributed by atoms with E-state index in [0.717, 1.165) is 25.7 Å². The molecule has 1 aromatic heterocycles. The number of aliphatic hydroxyl groups is 1. The Balaban J connectivity index is 2.77. The zero-order valence-corrected chi connectivity index (χ0v) is 13.1. The number of sulfonamides is 1. The molecule has 0 saturated heterocycles. The average molecular weight is 303 g/mol. The lowest BCUT2D eigenvalue weighted by atomic mass is 10.2. The molecule has 1 rings (SSSR count). The molecule has 0 aliphatic rings. The first-order chi connectivity index (χ1) is 9.56. The first kappa shape index (κ1) is 17.1. The van der Waals surface area contributed by atoms with E-state index in [4.69, 9.17) is 5.11 Å². The highest BCUT2D eigenvalue weighted by Gasteiger charge is 2.25. The molecule has 0 unspecified atom stereocenters. The molecule has 7 heteroatoms. The van der Waals surface area contributed by atoms with Gasteiger partial charge in [-0.1, -0.05) is 33.1 Å². The second-order valence-electron chi connectivity index (χ2n) is 4.74. The Morgan fingerprint density at radius 2 is 2.00 bits per heavy atom. The van der Waals surface area contributed by atoms with Crippen LogP contribution in [0.3, 0.4) is 0 Å². The van der Waals surface area contributed by atoms with Crippen molar-refractivity contribution in [2.45, 2.75) is 51.0 Å². The summed E-state index contributed by atoms with van der Waals surface area (Å²) in [7, 11) is -3.58. The second-order valence-corrected chi connectivity index (χ2v) is 6.64. The molecule has 1 aromatic rings. The number of aromatic nitrogens is 2. The van der Waals surface area contributed by atoms with Gasteiger partial charge < -0.3 is 10.1 Å². The quantitative estimate of drug-likeness (QED) is 0.642. The fourth-order valence-electron chi connectivity index (χ4n) is 1.97. The van der Waals surface area contributed by atoms with Crippen molar-refractivity contribution in [3.63, 3.8) is 0 Å². The van der Waals surface area contributed by atoms with Crippen LogP contribution in [0.4, 0.5) is 0 Å². The average Bonchev–Trinajstić information content (AvgIpc) is 2.91. The van der Waals surface area contributed by atoms with Gasteiger partial charge in [-0.3, -0.25) is 0 Å². The monoisotopic (exact) mass is 303 g/mol. The molecule has 0 bridgehead atoms. The van der Waals surface area contributed by atoms with Gasteiger partial charge in [0.1, 0.15) is 5.82 Å². The summed E-state index contributed by atoms with van der Waals surface area (Å²) in [6.07, 6.45) is 6.01. The van der Waals surface area contributed by atoms with E-state index in [1.807, 2.05) is 6.92 Å². The normalized spacial score (nSPS) is 12.2. The summed E-state index contributed by atoms with van der Waals surface area (Å²) in [4.78, 5) is 6.85. The summed E-state index contributed by atoms with van der Waals surface area (Å²) < 4.78 is 26.2. The fourth-order valence-corrected chi connectivity index (χ4v) is 3.37. The van der Waals surface area contributed by atoms with Crippen molar-refractivity contribution in [2.24, 2.45) is 0 Å². The molecular weight excluding hydrogens is 278 g/mol. The predicted octanol–water partition coefficient (Wildman–Crippen LogP) is 1.54. The van der Waals surface area contributed by atoms with Crippen LogP contribution in [0.2, 0.25) is 0 Å². The molecule has 0 aromatic carbocycles. The van der Waals surface area contributed by atoms with E-state index in [0.29, 0.717) is 18.8 Å². The minimum absolute atomic E-state index is 0.110. The molecule has 0 fully saturated rings. The van der Waals surface area contributed by atoms with E-state index in [-0.39, 0.29) is 18.2 Å². The highest BCUT2D eigenvalue weighted by Crippen LogP contribution is 2.15. The highest BCUT2D eigenvalue weighted by molar-refractivity contribution is 7.89. The number of nitrogens with one attached hydrogen (secondary N) is 1. The minimum atomic E-state index is -3.58. The van der Waals surface area contributed by atoms with Gasteiger partial charge >= 0.3 is 0 Å². The maximum absolute atomic E-state index is 12.5. The molecular formula is C13H25N3O3S. The smallest absolute Gasteiger partial charge is 0.260 e. The largest absolute Gasteiger partial charge is 0.395 e. The summed E-state index contributed by atoms with van der Waals surface area (Å²) in [5, 5.41) is 9.18. The van der Waals surface area contributed by atoms with Gasteiger partial charge in [0, 0.05) is 19.5 Å². The minimum Gasteiger partial charge on any atom is -0.395 e. The summed E-state index contributed by atoms with van der Waals surface area (Å²) >= 11 is 0. The van der Waals surface area contributed by atoms with Crippen molar-refractivity contribution in [1.82, 2.24) is 14.3 Å². The maximum Gasteiger partial charge on any atom is 0.260 e. The van der Waals surface area contributed by atoms with Crippen LogP contribution < -0.4 is 0 Å². The lowest BCUT2D eigenvalue weighted by molar-refractivity contribution is 0.251.